The molecule has 1 heterocycles. The average Bonchev–Trinajstić information content (AvgIpc) is 3.33. The van der Waals surface area contributed by atoms with Crippen LogP contribution < -0.4 is 20.7 Å². The Hall–Kier alpha value is -1.20. The fourth-order valence-electron chi connectivity index (χ4n) is 3.91. The second-order valence-electron chi connectivity index (χ2n) is 8.41. The van der Waals surface area contributed by atoms with Gasteiger partial charge in [-0.3, -0.25) is 4.79 Å². The van der Waals surface area contributed by atoms with E-state index in [4.69, 9.17) is 0 Å². The molecule has 0 radical (unpaired) electrons. The molecule has 4 N–H and O–H groups in total. The predicted molar refractivity (Wildman–Crippen MR) is 149 cm³/mol. The van der Waals surface area contributed by atoms with Crippen LogP contribution in [0.1, 0.15) is 60.2 Å². The molecular weight excluding hydrogens is 527 g/mol. The van der Waals surface area contributed by atoms with Crippen molar-refractivity contribution in [1.29, 1.82) is 0 Å². The third-order valence-corrected chi connectivity index (χ3v) is 8.81. The minimum Gasteiger partial charge on any atom is -0.347 e. The lowest BCUT2D eigenvalue weighted by Crippen LogP contribution is -2.36. The molecule has 198 valence electrons. The van der Waals surface area contributed by atoms with Gasteiger partial charge in [0.15, 0.2) is 0 Å². The van der Waals surface area contributed by atoms with Gasteiger partial charge in [-0.25, -0.2) is 13.1 Å². The Bertz CT molecular complexity index is 953. The molecule has 0 saturated heterocycles. The van der Waals surface area contributed by atoms with Crippen molar-refractivity contribution in [3.8, 4) is 0 Å². The minimum absolute atomic E-state index is 0. The number of hydrogen-bond donors (Lipinski definition) is 4. The van der Waals surface area contributed by atoms with E-state index in [1.54, 1.807) is 24.3 Å². The number of unbranched alkanes of at least 4 members (excludes halogenated alkanes) is 1. The Morgan fingerprint density at radius 2 is 1.60 bits per heavy atom. The van der Waals surface area contributed by atoms with E-state index in [0.717, 1.165) is 37.4 Å². The summed E-state index contributed by atoms with van der Waals surface area (Å²) in [6, 6.07) is 13.0. The summed E-state index contributed by atoms with van der Waals surface area (Å²) in [6.45, 7) is 3.54. The maximum Gasteiger partial charge on any atom is 0.251 e. The molecule has 2 aromatic rings. The van der Waals surface area contributed by atoms with E-state index in [-0.39, 0.29) is 34.9 Å². The quantitative estimate of drug-likeness (QED) is 0.259. The van der Waals surface area contributed by atoms with E-state index in [9.17, 15) is 13.2 Å². The van der Waals surface area contributed by atoms with E-state index in [0.29, 0.717) is 24.7 Å². The summed E-state index contributed by atoms with van der Waals surface area (Å²) < 4.78 is 28.0. The molecule has 0 atom stereocenters. The molecule has 7 nitrogen and oxygen atoms in total. The lowest BCUT2D eigenvalue weighted by atomic mass is 9.95. The predicted octanol–water partition coefficient (Wildman–Crippen LogP) is 4.09. The van der Waals surface area contributed by atoms with Crippen molar-refractivity contribution in [3.05, 3.63) is 52.9 Å². The lowest BCUT2D eigenvalue weighted by Gasteiger charge is -2.22. The monoisotopic (exact) mass is 564 g/mol. The molecule has 0 spiro atoms. The largest absolute Gasteiger partial charge is 0.347 e. The zero-order valence-corrected chi connectivity index (χ0v) is 23.2. The van der Waals surface area contributed by atoms with Crippen LogP contribution in [0.3, 0.4) is 0 Å². The van der Waals surface area contributed by atoms with Gasteiger partial charge in [-0.1, -0.05) is 37.5 Å². The zero-order valence-electron chi connectivity index (χ0n) is 20.0. The first kappa shape index (κ1) is 31.8. The highest BCUT2D eigenvalue weighted by molar-refractivity contribution is 7.91. The molecule has 1 saturated carbocycles. The Morgan fingerprint density at radius 3 is 2.34 bits per heavy atom. The van der Waals surface area contributed by atoms with Gasteiger partial charge in [-0.2, -0.15) is 0 Å². The van der Waals surface area contributed by atoms with Crippen molar-refractivity contribution < 1.29 is 13.2 Å². The summed E-state index contributed by atoms with van der Waals surface area (Å²) in [4.78, 5) is 12.9. The minimum atomic E-state index is -3.52. The Labute approximate surface area is 226 Å². The van der Waals surface area contributed by atoms with Crippen LogP contribution in [0.5, 0.6) is 0 Å². The number of carbonyl (C=O) groups excluding carboxylic acids is 1. The van der Waals surface area contributed by atoms with Crippen LogP contribution in [0.2, 0.25) is 0 Å². The van der Waals surface area contributed by atoms with Gasteiger partial charge < -0.3 is 16.0 Å². The highest BCUT2D eigenvalue weighted by Crippen LogP contribution is 2.21. The SMILES string of the molecule is Cl.Cl.O=C(NCc1ccc(S(=O)(=O)NCCCCNCCNC2CCCCC2)s1)c1ccccc1. The third-order valence-electron chi connectivity index (χ3n) is 5.77. The van der Waals surface area contributed by atoms with Gasteiger partial charge >= 0.3 is 0 Å². The molecule has 0 aliphatic heterocycles. The Morgan fingerprint density at radius 1 is 0.886 bits per heavy atom. The molecule has 1 aliphatic carbocycles. The fourth-order valence-corrected chi connectivity index (χ4v) is 6.32. The van der Waals surface area contributed by atoms with Crippen LogP contribution in [0.4, 0.5) is 0 Å². The molecule has 1 aromatic heterocycles. The van der Waals surface area contributed by atoms with Crippen molar-refractivity contribution >= 4 is 52.1 Å². The number of sulfonamides is 1. The van der Waals surface area contributed by atoms with Crippen molar-refractivity contribution in [3.63, 3.8) is 0 Å². The first-order valence-electron chi connectivity index (χ1n) is 11.9. The molecule has 0 unspecified atom stereocenters. The summed E-state index contributed by atoms with van der Waals surface area (Å²) >= 11 is 1.18. The molecule has 0 bridgehead atoms. The number of halogens is 2. The first-order valence-corrected chi connectivity index (χ1v) is 14.2. The van der Waals surface area contributed by atoms with Gasteiger partial charge in [0.25, 0.3) is 5.91 Å². The van der Waals surface area contributed by atoms with Crippen molar-refractivity contribution in [1.82, 2.24) is 20.7 Å². The first-order chi connectivity index (χ1) is 16.0. The topological polar surface area (TPSA) is 99.3 Å². The molecule has 1 aromatic carbocycles. The van der Waals surface area contributed by atoms with Crippen molar-refractivity contribution in [2.45, 2.75) is 61.7 Å². The average molecular weight is 566 g/mol. The Kier molecular flexibility index (Phi) is 15.7. The number of hydrogen-bond acceptors (Lipinski definition) is 6. The molecule has 1 amide bonds. The van der Waals surface area contributed by atoms with Gasteiger partial charge in [-0.15, -0.1) is 36.2 Å². The summed E-state index contributed by atoms with van der Waals surface area (Å²) in [6.07, 6.45) is 8.38. The van der Waals surface area contributed by atoms with E-state index in [2.05, 4.69) is 20.7 Å². The maximum absolute atomic E-state index is 12.5. The molecule has 11 heteroatoms. The summed E-state index contributed by atoms with van der Waals surface area (Å²) in [5, 5.41) is 9.86. The number of thiophene rings is 1. The summed E-state index contributed by atoms with van der Waals surface area (Å²) in [5.41, 5.74) is 0.582. The normalized spacial score (nSPS) is 14.1. The summed E-state index contributed by atoms with van der Waals surface area (Å²) in [5.74, 6) is -0.176. The lowest BCUT2D eigenvalue weighted by molar-refractivity contribution is 0.0951. The number of amides is 1. The Balaban J connectivity index is 0.00000306. The zero-order chi connectivity index (χ0) is 23.4. The van der Waals surface area contributed by atoms with Gasteiger partial charge in [0.05, 0.1) is 6.54 Å². The highest BCUT2D eigenvalue weighted by atomic mass is 35.5. The van der Waals surface area contributed by atoms with Crippen LogP contribution in [-0.4, -0.2) is 46.5 Å². The van der Waals surface area contributed by atoms with Gasteiger partial charge in [-0.05, 0) is 56.5 Å². The molecule has 35 heavy (non-hydrogen) atoms. The second-order valence-corrected chi connectivity index (χ2v) is 11.6. The fraction of sp³-hybridized carbons (Fsp3) is 0.542. The maximum atomic E-state index is 12.5. The van der Waals surface area contributed by atoms with E-state index < -0.39 is 10.0 Å². The van der Waals surface area contributed by atoms with Crippen molar-refractivity contribution in [2.24, 2.45) is 0 Å². The van der Waals surface area contributed by atoms with Crippen molar-refractivity contribution in [2.75, 3.05) is 26.2 Å². The molecule has 1 fully saturated rings. The van der Waals surface area contributed by atoms with Gasteiger partial charge in [0.2, 0.25) is 10.0 Å². The molecular formula is C24H38Cl2N4O3S2. The van der Waals surface area contributed by atoms with E-state index >= 15 is 0 Å². The van der Waals surface area contributed by atoms with E-state index in [1.807, 2.05) is 18.2 Å². The van der Waals surface area contributed by atoms with Crippen LogP contribution in [-0.2, 0) is 16.6 Å². The van der Waals surface area contributed by atoms with Gasteiger partial charge in [0, 0.05) is 36.1 Å². The second kappa shape index (κ2) is 17.3. The molecule has 1 aliphatic rings. The van der Waals surface area contributed by atoms with Crippen LogP contribution in [0.15, 0.2) is 46.7 Å². The van der Waals surface area contributed by atoms with Crippen LogP contribution in [0, 0.1) is 0 Å². The number of carbonyl (C=O) groups is 1. The number of nitrogens with one attached hydrogen (secondary N) is 4. The van der Waals surface area contributed by atoms with E-state index in [1.165, 1.54) is 43.4 Å². The van der Waals surface area contributed by atoms with Crippen LogP contribution >= 0.6 is 36.2 Å². The molecule has 3 rings (SSSR count). The smallest absolute Gasteiger partial charge is 0.251 e. The standard InChI is InChI=1S/C24H36N4O3S2.2ClH/c29-24(20-9-3-1-4-10-20)27-19-22-13-14-23(32-22)33(30,31)28-16-8-7-15-25-17-18-26-21-11-5-2-6-12-21;;/h1,3-4,9-10,13-14,21,25-26,28H,2,5-8,11-12,15-19H2,(H,27,29);2*1H. The van der Waals surface area contributed by atoms with Crippen LogP contribution in [0.25, 0.3) is 0 Å². The number of benzene rings is 1. The van der Waals surface area contributed by atoms with Gasteiger partial charge in [0.1, 0.15) is 4.21 Å². The third kappa shape index (κ3) is 11.6. The summed E-state index contributed by atoms with van der Waals surface area (Å²) in [7, 11) is -3.52. The number of rotatable bonds is 14. The highest BCUT2D eigenvalue weighted by Gasteiger charge is 2.16.